The summed E-state index contributed by atoms with van der Waals surface area (Å²) in [6.07, 6.45) is 0.590. The van der Waals surface area contributed by atoms with Crippen LogP contribution in [0, 0.1) is 0 Å². The minimum absolute atomic E-state index is 0.0387. The molecule has 0 bridgehead atoms. The van der Waals surface area contributed by atoms with Gasteiger partial charge in [0, 0.05) is 18.5 Å². The van der Waals surface area contributed by atoms with Crippen LogP contribution in [-0.2, 0) is 4.79 Å². The second kappa shape index (κ2) is 3.19. The van der Waals surface area contributed by atoms with Crippen LogP contribution >= 0.6 is 0 Å². The molecule has 1 heterocycles. The third-order valence-electron chi connectivity index (χ3n) is 1.63. The molecule has 11 heavy (non-hydrogen) atoms. The zero-order valence-corrected chi connectivity index (χ0v) is 7.00. The number of carbonyl (C=O) groups excluding carboxylic acids is 1. The molecule has 2 atom stereocenters. The summed E-state index contributed by atoms with van der Waals surface area (Å²) in [7, 11) is 0. The van der Waals surface area contributed by atoms with E-state index >= 15 is 0 Å². The molecular formula is C7H15N3O. The average Bonchev–Trinajstić information content (AvgIpc) is 2.09. The van der Waals surface area contributed by atoms with E-state index < -0.39 is 0 Å². The molecule has 4 heteroatoms. The Hall–Kier alpha value is -0.610. The maximum Gasteiger partial charge on any atom is 0.238 e. The van der Waals surface area contributed by atoms with Crippen LogP contribution in [0.25, 0.3) is 0 Å². The second-order valence-electron chi connectivity index (χ2n) is 3.22. The van der Waals surface area contributed by atoms with Crippen molar-refractivity contribution in [2.24, 2.45) is 5.73 Å². The van der Waals surface area contributed by atoms with Gasteiger partial charge in [-0.15, -0.1) is 0 Å². The van der Waals surface area contributed by atoms with E-state index in [1.54, 1.807) is 5.01 Å². The molecule has 0 aromatic carbocycles. The van der Waals surface area contributed by atoms with E-state index in [2.05, 4.69) is 5.43 Å². The summed E-state index contributed by atoms with van der Waals surface area (Å²) < 4.78 is 0. The molecule has 4 nitrogen and oxygen atoms in total. The zero-order chi connectivity index (χ0) is 8.43. The van der Waals surface area contributed by atoms with Gasteiger partial charge < -0.3 is 5.73 Å². The van der Waals surface area contributed by atoms with Crippen LogP contribution < -0.4 is 11.2 Å². The molecule has 1 amide bonds. The fourth-order valence-electron chi connectivity index (χ4n) is 1.20. The summed E-state index contributed by atoms with van der Waals surface area (Å²) in [6, 6.07) is 0.304. The Balaban J connectivity index is 2.41. The summed E-state index contributed by atoms with van der Waals surface area (Å²) in [5, 5.41) is 1.61. The summed E-state index contributed by atoms with van der Waals surface area (Å²) in [4.78, 5) is 11.1. The Morgan fingerprint density at radius 1 is 1.91 bits per heavy atom. The number of rotatable bonds is 2. The van der Waals surface area contributed by atoms with E-state index in [1.807, 2.05) is 13.8 Å². The van der Waals surface area contributed by atoms with Gasteiger partial charge in [-0.25, -0.2) is 5.43 Å². The van der Waals surface area contributed by atoms with Crippen LogP contribution in [0.1, 0.15) is 20.3 Å². The molecule has 1 rings (SSSR count). The summed E-state index contributed by atoms with van der Waals surface area (Å²) in [5.41, 5.74) is 8.58. The molecule has 2 unspecified atom stereocenters. The standard InChI is InChI=1S/C7H15N3O/c1-5(8)4-10-7(11)3-6(2)9-10/h5-6,9H,3-4,8H2,1-2H3. The first kappa shape index (κ1) is 8.49. The van der Waals surface area contributed by atoms with Crippen molar-refractivity contribution >= 4 is 5.91 Å². The van der Waals surface area contributed by atoms with Gasteiger partial charge in [0.25, 0.3) is 0 Å². The quantitative estimate of drug-likeness (QED) is 0.566. The number of nitrogens with zero attached hydrogens (tertiary/aromatic N) is 1. The van der Waals surface area contributed by atoms with Crippen molar-refractivity contribution in [3.05, 3.63) is 0 Å². The lowest BCUT2D eigenvalue weighted by Gasteiger charge is -2.18. The first-order chi connectivity index (χ1) is 5.09. The van der Waals surface area contributed by atoms with Crippen LogP contribution in [0.15, 0.2) is 0 Å². The van der Waals surface area contributed by atoms with Crippen LogP contribution in [0.3, 0.4) is 0 Å². The maximum atomic E-state index is 11.1. The van der Waals surface area contributed by atoms with Crippen LogP contribution in [0.2, 0.25) is 0 Å². The molecular weight excluding hydrogens is 142 g/mol. The topological polar surface area (TPSA) is 58.4 Å². The molecule has 0 aromatic heterocycles. The monoisotopic (exact) mass is 157 g/mol. The Labute approximate surface area is 66.7 Å². The first-order valence-corrected chi connectivity index (χ1v) is 3.91. The van der Waals surface area contributed by atoms with E-state index in [1.165, 1.54) is 0 Å². The lowest BCUT2D eigenvalue weighted by Crippen LogP contribution is -2.43. The Morgan fingerprint density at radius 2 is 2.55 bits per heavy atom. The Bertz CT molecular complexity index is 158. The Morgan fingerprint density at radius 3 is 2.91 bits per heavy atom. The van der Waals surface area contributed by atoms with Crippen molar-refractivity contribution in [2.45, 2.75) is 32.4 Å². The highest BCUT2D eigenvalue weighted by Crippen LogP contribution is 2.06. The number of nitrogens with one attached hydrogen (secondary N) is 1. The number of hydrogen-bond acceptors (Lipinski definition) is 3. The molecule has 1 fully saturated rings. The highest BCUT2D eigenvalue weighted by Gasteiger charge is 2.25. The van der Waals surface area contributed by atoms with Gasteiger partial charge in [0.2, 0.25) is 5.91 Å². The van der Waals surface area contributed by atoms with Gasteiger partial charge in [-0.2, -0.15) is 0 Å². The van der Waals surface area contributed by atoms with Crippen LogP contribution in [0.5, 0.6) is 0 Å². The van der Waals surface area contributed by atoms with Crippen molar-refractivity contribution in [1.29, 1.82) is 0 Å². The predicted molar refractivity (Wildman–Crippen MR) is 42.6 cm³/mol. The fraction of sp³-hybridized carbons (Fsp3) is 0.857. The van der Waals surface area contributed by atoms with E-state index in [0.717, 1.165) is 0 Å². The first-order valence-electron chi connectivity index (χ1n) is 3.91. The van der Waals surface area contributed by atoms with Gasteiger partial charge in [-0.05, 0) is 13.8 Å². The van der Waals surface area contributed by atoms with Gasteiger partial charge in [0.1, 0.15) is 0 Å². The molecule has 0 radical (unpaired) electrons. The van der Waals surface area contributed by atoms with Gasteiger partial charge in [0.05, 0.1) is 6.54 Å². The normalized spacial score (nSPS) is 27.7. The molecule has 0 spiro atoms. The molecule has 0 aliphatic carbocycles. The number of nitrogens with two attached hydrogens (primary N) is 1. The van der Waals surface area contributed by atoms with Crippen molar-refractivity contribution < 1.29 is 4.79 Å². The van der Waals surface area contributed by atoms with E-state index in [0.29, 0.717) is 13.0 Å². The lowest BCUT2D eigenvalue weighted by atomic mass is 10.3. The number of hydrazine groups is 1. The third-order valence-corrected chi connectivity index (χ3v) is 1.63. The molecule has 1 saturated heterocycles. The molecule has 0 saturated carbocycles. The summed E-state index contributed by atoms with van der Waals surface area (Å²) >= 11 is 0. The fourth-order valence-corrected chi connectivity index (χ4v) is 1.20. The largest absolute Gasteiger partial charge is 0.326 e. The van der Waals surface area contributed by atoms with Gasteiger partial charge in [0.15, 0.2) is 0 Å². The summed E-state index contributed by atoms with van der Waals surface area (Å²) in [5.74, 6) is 0.148. The molecule has 1 aliphatic heterocycles. The average molecular weight is 157 g/mol. The minimum Gasteiger partial charge on any atom is -0.326 e. The third kappa shape index (κ3) is 2.17. The minimum atomic E-state index is 0.0387. The van der Waals surface area contributed by atoms with E-state index in [9.17, 15) is 4.79 Å². The molecule has 3 N–H and O–H groups in total. The van der Waals surface area contributed by atoms with Crippen molar-refractivity contribution in [3.63, 3.8) is 0 Å². The van der Waals surface area contributed by atoms with Crippen molar-refractivity contribution in [1.82, 2.24) is 10.4 Å². The summed E-state index contributed by atoms with van der Waals surface area (Å²) in [6.45, 7) is 4.47. The highest BCUT2D eigenvalue weighted by atomic mass is 16.2. The van der Waals surface area contributed by atoms with Crippen LogP contribution in [-0.4, -0.2) is 29.5 Å². The van der Waals surface area contributed by atoms with Gasteiger partial charge in [-0.1, -0.05) is 0 Å². The zero-order valence-electron chi connectivity index (χ0n) is 7.00. The van der Waals surface area contributed by atoms with E-state index in [4.69, 9.17) is 5.73 Å². The van der Waals surface area contributed by atoms with E-state index in [-0.39, 0.29) is 18.0 Å². The van der Waals surface area contributed by atoms with Crippen LogP contribution in [0.4, 0.5) is 0 Å². The molecule has 0 aromatic rings. The highest BCUT2D eigenvalue weighted by molar-refractivity contribution is 5.78. The smallest absolute Gasteiger partial charge is 0.238 e. The lowest BCUT2D eigenvalue weighted by molar-refractivity contribution is -0.129. The van der Waals surface area contributed by atoms with Gasteiger partial charge >= 0.3 is 0 Å². The van der Waals surface area contributed by atoms with Gasteiger partial charge in [-0.3, -0.25) is 9.80 Å². The SMILES string of the molecule is CC(N)CN1NC(C)CC1=O. The molecule has 1 aliphatic rings. The van der Waals surface area contributed by atoms with Crippen molar-refractivity contribution in [3.8, 4) is 0 Å². The number of hydrogen-bond donors (Lipinski definition) is 2. The number of carbonyl (C=O) groups is 1. The molecule has 64 valence electrons. The maximum absolute atomic E-state index is 11.1. The van der Waals surface area contributed by atoms with Crippen molar-refractivity contribution in [2.75, 3.05) is 6.54 Å². The number of amides is 1. The second-order valence-corrected chi connectivity index (χ2v) is 3.22. The Kier molecular flexibility index (Phi) is 2.46. The predicted octanol–water partition coefficient (Wildman–Crippen LogP) is -0.541.